The van der Waals surface area contributed by atoms with Crippen molar-refractivity contribution in [3.63, 3.8) is 0 Å². The number of rotatable bonds is 0. The quantitative estimate of drug-likeness (QED) is 0.580. The lowest BCUT2D eigenvalue weighted by Crippen LogP contribution is -1.86. The maximum atomic E-state index is 5.75. The van der Waals surface area contributed by atoms with E-state index in [0.29, 0.717) is 11.5 Å². The molecule has 0 aliphatic rings. The maximum absolute atomic E-state index is 5.75. The van der Waals surface area contributed by atoms with E-state index in [1.54, 1.807) is 0 Å². The first kappa shape index (κ1) is 8.23. The Hall–Kier alpha value is -2.10. The summed E-state index contributed by atoms with van der Waals surface area (Å²) in [5.41, 5.74) is 8.55. The van der Waals surface area contributed by atoms with Crippen molar-refractivity contribution in [3.05, 3.63) is 29.8 Å². The largest absolute Gasteiger partial charge is 0.384 e. The average Bonchev–Trinajstić information content (AvgIpc) is 2.59. The second kappa shape index (κ2) is 2.70. The highest BCUT2D eigenvalue weighted by atomic mass is 15.2. The van der Waals surface area contributed by atoms with E-state index in [4.69, 9.17) is 5.73 Å². The molecule has 0 amide bonds. The molecule has 0 unspecified atom stereocenters. The van der Waals surface area contributed by atoms with E-state index in [2.05, 4.69) is 15.2 Å². The fourth-order valence-corrected chi connectivity index (χ4v) is 1.79. The van der Waals surface area contributed by atoms with Crippen molar-refractivity contribution in [2.75, 3.05) is 5.73 Å². The molecule has 0 aliphatic heterocycles. The zero-order chi connectivity index (χ0) is 10.4. The first-order chi connectivity index (χ1) is 7.25. The van der Waals surface area contributed by atoms with Gasteiger partial charge in [0.05, 0.1) is 10.9 Å². The van der Waals surface area contributed by atoms with Crippen LogP contribution in [-0.4, -0.2) is 15.2 Å². The number of nitrogens with zero attached hydrogens (tertiary/aromatic N) is 2. The van der Waals surface area contributed by atoms with Crippen LogP contribution in [0.2, 0.25) is 0 Å². The Kier molecular flexibility index (Phi) is 1.48. The summed E-state index contributed by atoms with van der Waals surface area (Å²) in [5.74, 6) is 0.570. The molecule has 4 nitrogen and oxygen atoms in total. The SMILES string of the molecule is Cc1cccc2cc3c(N)[nH]nc3nc12. The Labute approximate surface area is 86.1 Å². The molecule has 1 aromatic carbocycles. The van der Waals surface area contributed by atoms with Gasteiger partial charge in [-0.2, -0.15) is 5.10 Å². The highest BCUT2D eigenvalue weighted by molar-refractivity contribution is 5.97. The number of nitrogen functional groups attached to an aromatic ring is 1. The number of aromatic nitrogens is 3. The smallest absolute Gasteiger partial charge is 0.183 e. The van der Waals surface area contributed by atoms with Crippen LogP contribution in [-0.2, 0) is 0 Å². The van der Waals surface area contributed by atoms with Gasteiger partial charge in [-0.05, 0) is 18.6 Å². The highest BCUT2D eigenvalue weighted by Gasteiger charge is 2.06. The second-order valence-corrected chi connectivity index (χ2v) is 3.64. The highest BCUT2D eigenvalue weighted by Crippen LogP contribution is 2.23. The van der Waals surface area contributed by atoms with Crippen molar-refractivity contribution < 1.29 is 0 Å². The van der Waals surface area contributed by atoms with Gasteiger partial charge in [-0.3, -0.25) is 5.10 Å². The number of hydrogen-bond donors (Lipinski definition) is 2. The maximum Gasteiger partial charge on any atom is 0.183 e. The molecule has 0 atom stereocenters. The van der Waals surface area contributed by atoms with Crippen LogP contribution in [0, 0.1) is 6.92 Å². The van der Waals surface area contributed by atoms with Gasteiger partial charge in [0.15, 0.2) is 5.65 Å². The molecule has 0 saturated heterocycles. The number of nitrogens with two attached hydrogens (primary N) is 1. The summed E-state index contributed by atoms with van der Waals surface area (Å²) < 4.78 is 0. The third-order valence-electron chi connectivity index (χ3n) is 2.60. The minimum absolute atomic E-state index is 0.570. The van der Waals surface area contributed by atoms with Gasteiger partial charge in [0.25, 0.3) is 0 Å². The van der Waals surface area contributed by atoms with Crippen molar-refractivity contribution in [2.45, 2.75) is 6.92 Å². The van der Waals surface area contributed by atoms with E-state index in [-0.39, 0.29) is 0 Å². The Morgan fingerprint density at radius 2 is 2.20 bits per heavy atom. The van der Waals surface area contributed by atoms with Crippen LogP contribution >= 0.6 is 0 Å². The molecule has 74 valence electrons. The van der Waals surface area contributed by atoms with Gasteiger partial charge in [-0.15, -0.1) is 0 Å². The molecule has 0 fully saturated rings. The van der Waals surface area contributed by atoms with Crippen LogP contribution < -0.4 is 5.73 Å². The average molecular weight is 198 g/mol. The Balaban J connectivity index is 2.55. The molecular formula is C11H10N4. The number of para-hydroxylation sites is 1. The van der Waals surface area contributed by atoms with E-state index < -0.39 is 0 Å². The molecule has 0 bridgehead atoms. The van der Waals surface area contributed by atoms with Crippen LogP contribution in [0.25, 0.3) is 21.9 Å². The molecule has 0 spiro atoms. The Bertz CT molecular complexity index is 654. The van der Waals surface area contributed by atoms with Gasteiger partial charge in [-0.1, -0.05) is 18.2 Å². The van der Waals surface area contributed by atoms with E-state index >= 15 is 0 Å². The number of aryl methyl sites for hydroxylation is 1. The van der Waals surface area contributed by atoms with Crippen molar-refractivity contribution in [3.8, 4) is 0 Å². The van der Waals surface area contributed by atoms with Gasteiger partial charge in [-0.25, -0.2) is 4.98 Å². The lowest BCUT2D eigenvalue weighted by Gasteiger charge is -2.00. The summed E-state index contributed by atoms with van der Waals surface area (Å²) in [5, 5.41) is 8.76. The molecule has 15 heavy (non-hydrogen) atoms. The molecule has 4 heteroatoms. The van der Waals surface area contributed by atoms with Crippen molar-refractivity contribution in [2.24, 2.45) is 0 Å². The second-order valence-electron chi connectivity index (χ2n) is 3.64. The first-order valence-electron chi connectivity index (χ1n) is 4.75. The van der Waals surface area contributed by atoms with Crippen molar-refractivity contribution in [1.82, 2.24) is 15.2 Å². The summed E-state index contributed by atoms with van der Waals surface area (Å²) in [7, 11) is 0. The van der Waals surface area contributed by atoms with Crippen LogP contribution in [0.1, 0.15) is 5.56 Å². The van der Waals surface area contributed by atoms with Crippen LogP contribution in [0.3, 0.4) is 0 Å². The van der Waals surface area contributed by atoms with Crippen LogP contribution in [0.5, 0.6) is 0 Å². The molecular weight excluding hydrogens is 188 g/mol. The predicted molar refractivity (Wildman–Crippen MR) is 60.5 cm³/mol. The van der Waals surface area contributed by atoms with E-state index in [1.807, 2.05) is 31.2 Å². The van der Waals surface area contributed by atoms with Gasteiger partial charge in [0.2, 0.25) is 0 Å². The number of hydrogen-bond acceptors (Lipinski definition) is 3. The van der Waals surface area contributed by atoms with E-state index in [9.17, 15) is 0 Å². The normalized spacial score (nSPS) is 11.3. The van der Waals surface area contributed by atoms with Crippen molar-refractivity contribution >= 4 is 27.8 Å². The molecule has 0 radical (unpaired) electrons. The fraction of sp³-hybridized carbons (Fsp3) is 0.0909. The number of pyridine rings is 1. The summed E-state index contributed by atoms with van der Waals surface area (Å²) >= 11 is 0. The standard InChI is InChI=1S/C11H10N4/c1-6-3-2-4-7-5-8-10(12)14-15-11(8)13-9(6)7/h2-5H,1H3,(H3,12,13,14,15). The minimum atomic E-state index is 0.570. The first-order valence-corrected chi connectivity index (χ1v) is 4.75. The summed E-state index contributed by atoms with van der Waals surface area (Å²) in [6.45, 7) is 2.04. The lowest BCUT2D eigenvalue weighted by atomic mass is 10.1. The monoisotopic (exact) mass is 198 g/mol. The molecule has 2 aromatic heterocycles. The number of anilines is 1. The lowest BCUT2D eigenvalue weighted by molar-refractivity contribution is 1.11. The fourth-order valence-electron chi connectivity index (χ4n) is 1.79. The molecule has 3 aromatic rings. The third-order valence-corrected chi connectivity index (χ3v) is 2.60. The Morgan fingerprint density at radius 3 is 3.07 bits per heavy atom. The zero-order valence-corrected chi connectivity index (χ0v) is 8.28. The van der Waals surface area contributed by atoms with Gasteiger partial charge in [0, 0.05) is 5.39 Å². The van der Waals surface area contributed by atoms with Crippen LogP contribution in [0.15, 0.2) is 24.3 Å². The summed E-state index contributed by atoms with van der Waals surface area (Å²) in [4.78, 5) is 4.48. The third kappa shape index (κ3) is 1.08. The number of benzene rings is 1. The molecule has 2 heterocycles. The van der Waals surface area contributed by atoms with Gasteiger partial charge < -0.3 is 5.73 Å². The molecule has 0 aliphatic carbocycles. The minimum Gasteiger partial charge on any atom is -0.384 e. The zero-order valence-electron chi connectivity index (χ0n) is 8.28. The van der Waals surface area contributed by atoms with Crippen molar-refractivity contribution in [1.29, 1.82) is 0 Å². The number of aromatic amines is 1. The van der Waals surface area contributed by atoms with E-state index in [1.165, 1.54) is 0 Å². The number of nitrogens with one attached hydrogen (secondary N) is 1. The predicted octanol–water partition coefficient (Wildman–Crippen LogP) is 2.00. The van der Waals surface area contributed by atoms with Gasteiger partial charge in [0.1, 0.15) is 5.82 Å². The molecule has 3 N–H and O–H groups in total. The number of fused-ring (bicyclic) bond motifs is 2. The van der Waals surface area contributed by atoms with Crippen LogP contribution in [0.4, 0.5) is 5.82 Å². The van der Waals surface area contributed by atoms with E-state index in [0.717, 1.165) is 21.9 Å². The number of H-pyrrole nitrogens is 1. The molecule has 0 saturated carbocycles. The topological polar surface area (TPSA) is 67.6 Å². The Morgan fingerprint density at radius 1 is 1.33 bits per heavy atom. The summed E-state index contributed by atoms with van der Waals surface area (Å²) in [6, 6.07) is 8.10. The van der Waals surface area contributed by atoms with Gasteiger partial charge >= 0.3 is 0 Å². The molecule has 3 rings (SSSR count). The summed E-state index contributed by atoms with van der Waals surface area (Å²) in [6.07, 6.45) is 0.